The lowest BCUT2D eigenvalue weighted by molar-refractivity contribution is -0.134. The summed E-state index contributed by atoms with van der Waals surface area (Å²) < 4.78 is 9.17. The van der Waals surface area contributed by atoms with Crippen molar-refractivity contribution in [3.8, 4) is 11.5 Å². The van der Waals surface area contributed by atoms with Gasteiger partial charge in [0.15, 0.2) is 5.75 Å². The Labute approximate surface area is 154 Å². The van der Waals surface area contributed by atoms with Gasteiger partial charge in [-0.1, -0.05) is 18.2 Å². The Morgan fingerprint density at radius 3 is 2.60 bits per heavy atom. The van der Waals surface area contributed by atoms with E-state index in [1.807, 2.05) is 54.3 Å². The number of imidazole rings is 1. The summed E-state index contributed by atoms with van der Waals surface area (Å²) in [4.78, 5) is 18.1. The van der Waals surface area contributed by atoms with E-state index in [0.717, 1.165) is 40.2 Å². The van der Waals surface area contributed by atoms with Crippen molar-refractivity contribution in [2.75, 3.05) is 13.1 Å². The fourth-order valence-electron chi connectivity index (χ4n) is 3.27. The Bertz CT molecular complexity index is 946. The number of halogens is 1. The molecule has 0 atom stereocenters. The summed E-state index contributed by atoms with van der Waals surface area (Å²) in [5.74, 6) is 2.54. The van der Waals surface area contributed by atoms with E-state index in [1.54, 1.807) is 6.92 Å². The van der Waals surface area contributed by atoms with Gasteiger partial charge in [-0.05, 0) is 47.1 Å². The highest BCUT2D eigenvalue weighted by Crippen LogP contribution is 2.38. The fraction of sp³-hybridized carbons (Fsp3) is 0.263. The zero-order chi connectivity index (χ0) is 17.6. The van der Waals surface area contributed by atoms with Crippen LogP contribution >= 0.6 is 15.9 Å². The number of carbonyl (C=O) groups excluding carboxylic acids is 1. The van der Waals surface area contributed by atoms with Crippen molar-refractivity contribution in [1.82, 2.24) is 14.5 Å². The Kier molecular flexibility index (Phi) is 4.00. The molecule has 128 valence electrons. The maximum Gasteiger partial charge on any atom is 0.219 e. The van der Waals surface area contributed by atoms with Gasteiger partial charge in [-0.15, -0.1) is 0 Å². The Morgan fingerprint density at radius 2 is 1.92 bits per heavy atom. The molecule has 1 aliphatic heterocycles. The summed E-state index contributed by atoms with van der Waals surface area (Å²) in [5.41, 5.74) is 1.86. The molecule has 1 aromatic heterocycles. The van der Waals surface area contributed by atoms with Gasteiger partial charge in [0.05, 0.1) is 16.0 Å². The Balaban J connectivity index is 1.74. The van der Waals surface area contributed by atoms with Gasteiger partial charge < -0.3 is 14.2 Å². The highest BCUT2D eigenvalue weighted by atomic mass is 79.9. The molecule has 4 rings (SSSR count). The maximum absolute atomic E-state index is 11.5. The van der Waals surface area contributed by atoms with Crippen LogP contribution in [0.5, 0.6) is 11.5 Å². The third-order valence-corrected chi connectivity index (χ3v) is 5.20. The number of amides is 1. The lowest BCUT2D eigenvalue weighted by Crippen LogP contribution is -2.50. The lowest BCUT2D eigenvalue weighted by atomic mass is 10.1. The second-order valence-corrected chi connectivity index (χ2v) is 7.12. The normalized spacial score (nSPS) is 14.6. The summed E-state index contributed by atoms with van der Waals surface area (Å²) in [6.45, 7) is 5.06. The van der Waals surface area contributed by atoms with Gasteiger partial charge in [-0.3, -0.25) is 4.79 Å². The summed E-state index contributed by atoms with van der Waals surface area (Å²) >= 11 is 3.58. The molecule has 1 saturated heterocycles. The van der Waals surface area contributed by atoms with E-state index >= 15 is 0 Å². The number of hydrogen-bond acceptors (Lipinski definition) is 3. The molecule has 3 aromatic rings. The molecule has 0 unspecified atom stereocenters. The molecule has 0 N–H and O–H groups in total. The second-order valence-electron chi connectivity index (χ2n) is 6.27. The average Bonchev–Trinajstić information content (AvgIpc) is 2.86. The number of rotatable bonds is 3. The van der Waals surface area contributed by atoms with Gasteiger partial charge in [0.25, 0.3) is 0 Å². The molecule has 0 saturated carbocycles. The van der Waals surface area contributed by atoms with Crippen molar-refractivity contribution < 1.29 is 9.53 Å². The smallest absolute Gasteiger partial charge is 0.219 e. The number of fused-ring (bicyclic) bond motifs is 1. The first-order valence-corrected chi connectivity index (χ1v) is 8.99. The van der Waals surface area contributed by atoms with Crippen LogP contribution in [0.3, 0.4) is 0 Å². The molecule has 0 bridgehead atoms. The molecular formula is C19H18BrN3O2. The minimum Gasteiger partial charge on any atom is -0.454 e. The van der Waals surface area contributed by atoms with Crippen molar-refractivity contribution in [3.05, 3.63) is 52.8 Å². The SMILES string of the molecule is CC(=O)N1CC(n2c(C)nc3c(Oc4ccccc4)c(Br)ccc32)C1. The highest BCUT2D eigenvalue weighted by Gasteiger charge is 2.32. The van der Waals surface area contributed by atoms with Gasteiger partial charge in [0, 0.05) is 20.0 Å². The van der Waals surface area contributed by atoms with Crippen molar-refractivity contribution in [2.45, 2.75) is 19.9 Å². The monoisotopic (exact) mass is 399 g/mol. The molecule has 2 heterocycles. The number of benzene rings is 2. The standard InChI is InChI=1S/C19H18BrN3O2/c1-12-21-18-17(23(12)14-10-22(11-14)13(2)24)9-8-16(20)19(18)25-15-6-4-3-5-7-15/h3-9,14H,10-11H2,1-2H3. The number of aryl methyl sites for hydroxylation is 1. The van der Waals surface area contributed by atoms with Crippen LogP contribution in [0.25, 0.3) is 11.0 Å². The molecule has 0 radical (unpaired) electrons. The van der Waals surface area contributed by atoms with E-state index in [2.05, 4.69) is 20.5 Å². The molecule has 0 spiro atoms. The van der Waals surface area contributed by atoms with Crippen LogP contribution in [0.1, 0.15) is 18.8 Å². The van der Waals surface area contributed by atoms with E-state index < -0.39 is 0 Å². The van der Waals surface area contributed by atoms with Crippen LogP contribution in [0.4, 0.5) is 0 Å². The number of nitrogens with zero attached hydrogens (tertiary/aromatic N) is 3. The largest absolute Gasteiger partial charge is 0.454 e. The average molecular weight is 400 g/mol. The van der Waals surface area contributed by atoms with Crippen molar-refractivity contribution in [2.24, 2.45) is 0 Å². The van der Waals surface area contributed by atoms with Crippen molar-refractivity contribution >= 4 is 32.9 Å². The van der Waals surface area contributed by atoms with Gasteiger partial charge >= 0.3 is 0 Å². The summed E-state index contributed by atoms with van der Waals surface area (Å²) in [5, 5.41) is 0. The number of likely N-dealkylation sites (tertiary alicyclic amines) is 1. The predicted molar refractivity (Wildman–Crippen MR) is 100.0 cm³/mol. The quantitative estimate of drug-likeness (QED) is 0.659. The van der Waals surface area contributed by atoms with Crippen molar-refractivity contribution in [3.63, 3.8) is 0 Å². The van der Waals surface area contributed by atoms with Crippen LogP contribution in [0.15, 0.2) is 46.9 Å². The molecule has 2 aromatic carbocycles. The van der Waals surface area contributed by atoms with E-state index in [1.165, 1.54) is 0 Å². The van der Waals surface area contributed by atoms with E-state index in [9.17, 15) is 4.79 Å². The lowest BCUT2D eigenvalue weighted by Gasteiger charge is -2.40. The van der Waals surface area contributed by atoms with Crippen LogP contribution < -0.4 is 4.74 Å². The molecule has 5 nitrogen and oxygen atoms in total. The third kappa shape index (κ3) is 2.80. The first-order valence-electron chi connectivity index (χ1n) is 8.20. The molecule has 1 aliphatic rings. The number of hydrogen-bond donors (Lipinski definition) is 0. The van der Waals surface area contributed by atoms with Gasteiger partial charge in [-0.2, -0.15) is 0 Å². The zero-order valence-corrected chi connectivity index (χ0v) is 15.7. The van der Waals surface area contributed by atoms with Crippen LogP contribution in [0, 0.1) is 6.92 Å². The van der Waals surface area contributed by atoms with Gasteiger partial charge in [-0.25, -0.2) is 4.98 Å². The third-order valence-electron chi connectivity index (χ3n) is 4.58. The molecule has 6 heteroatoms. The minimum atomic E-state index is 0.120. The first kappa shape index (κ1) is 16.1. The van der Waals surface area contributed by atoms with E-state index in [0.29, 0.717) is 5.75 Å². The minimum absolute atomic E-state index is 0.120. The van der Waals surface area contributed by atoms with Crippen LogP contribution in [-0.4, -0.2) is 33.4 Å². The van der Waals surface area contributed by atoms with Gasteiger partial charge in [0.1, 0.15) is 17.1 Å². The molecular weight excluding hydrogens is 382 g/mol. The molecule has 1 fully saturated rings. The number of para-hydroxylation sites is 1. The molecule has 0 aliphatic carbocycles. The predicted octanol–water partition coefficient (Wildman–Crippen LogP) is 4.30. The fourth-order valence-corrected chi connectivity index (χ4v) is 3.67. The Hall–Kier alpha value is -2.34. The highest BCUT2D eigenvalue weighted by molar-refractivity contribution is 9.10. The van der Waals surface area contributed by atoms with Crippen LogP contribution in [0.2, 0.25) is 0 Å². The topological polar surface area (TPSA) is 47.4 Å². The zero-order valence-electron chi connectivity index (χ0n) is 14.1. The maximum atomic E-state index is 11.5. The first-order chi connectivity index (χ1) is 12.0. The van der Waals surface area contributed by atoms with Crippen LogP contribution in [-0.2, 0) is 4.79 Å². The number of carbonyl (C=O) groups is 1. The van der Waals surface area contributed by atoms with E-state index in [-0.39, 0.29) is 11.9 Å². The van der Waals surface area contributed by atoms with Crippen molar-refractivity contribution in [1.29, 1.82) is 0 Å². The summed E-state index contributed by atoms with van der Waals surface area (Å²) in [7, 11) is 0. The van der Waals surface area contributed by atoms with Gasteiger partial charge in [0.2, 0.25) is 5.91 Å². The second kappa shape index (κ2) is 6.19. The molecule has 1 amide bonds. The summed E-state index contributed by atoms with van der Waals surface area (Å²) in [6.07, 6.45) is 0. The number of aromatic nitrogens is 2. The number of ether oxygens (including phenoxy) is 1. The Morgan fingerprint density at radius 1 is 1.20 bits per heavy atom. The van der Waals surface area contributed by atoms with E-state index in [4.69, 9.17) is 9.72 Å². The molecule has 25 heavy (non-hydrogen) atoms. The summed E-state index contributed by atoms with van der Waals surface area (Å²) in [6, 6.07) is 14.0.